The molecule has 0 spiro atoms. The van der Waals surface area contributed by atoms with Crippen LogP contribution in [0.25, 0.3) is 10.9 Å². The van der Waals surface area contributed by atoms with Crippen molar-refractivity contribution in [3.05, 3.63) is 62.9 Å². The van der Waals surface area contributed by atoms with Crippen LogP contribution in [0, 0.1) is 11.6 Å². The van der Waals surface area contributed by atoms with E-state index in [0.717, 1.165) is 28.4 Å². The van der Waals surface area contributed by atoms with E-state index < -0.39 is 17.5 Å². The van der Waals surface area contributed by atoms with Crippen molar-refractivity contribution in [2.45, 2.75) is 18.6 Å². The second-order valence-corrected chi connectivity index (χ2v) is 7.43. The minimum atomic E-state index is -1.04. The summed E-state index contributed by atoms with van der Waals surface area (Å²) in [5, 5.41) is 3.39. The molecular formula is C18H14BrF2N3O2S. The average molecular weight is 454 g/mol. The monoisotopic (exact) mass is 453 g/mol. The molecule has 1 N–H and O–H groups in total. The van der Waals surface area contributed by atoms with Gasteiger partial charge in [0, 0.05) is 22.8 Å². The second-order valence-electron chi connectivity index (χ2n) is 5.57. The van der Waals surface area contributed by atoms with Gasteiger partial charge in [0.25, 0.3) is 5.56 Å². The fourth-order valence-corrected chi connectivity index (χ4v) is 3.69. The molecule has 9 heteroatoms. The molecule has 2 aromatic carbocycles. The smallest absolute Gasteiger partial charge is 0.262 e. The number of carbonyl (C=O) groups is 1. The topological polar surface area (TPSA) is 64.0 Å². The Bertz CT molecular complexity index is 1090. The third-order valence-electron chi connectivity index (χ3n) is 3.73. The first-order valence-electron chi connectivity index (χ1n) is 7.97. The van der Waals surface area contributed by atoms with E-state index in [0.29, 0.717) is 22.6 Å². The van der Waals surface area contributed by atoms with E-state index >= 15 is 0 Å². The number of amides is 1. The van der Waals surface area contributed by atoms with Crippen LogP contribution < -0.4 is 10.9 Å². The highest BCUT2D eigenvalue weighted by Gasteiger charge is 2.13. The van der Waals surface area contributed by atoms with Gasteiger partial charge in [0.05, 0.1) is 16.7 Å². The predicted molar refractivity (Wildman–Crippen MR) is 105 cm³/mol. The number of rotatable bonds is 5. The van der Waals surface area contributed by atoms with E-state index in [1.807, 2.05) is 6.92 Å². The number of anilines is 1. The van der Waals surface area contributed by atoms with Crippen LogP contribution in [0.5, 0.6) is 0 Å². The van der Waals surface area contributed by atoms with Gasteiger partial charge in [-0.05, 0) is 37.3 Å². The van der Waals surface area contributed by atoms with E-state index in [9.17, 15) is 18.4 Å². The number of halogens is 3. The van der Waals surface area contributed by atoms with Crippen LogP contribution in [0.4, 0.5) is 14.5 Å². The Balaban J connectivity index is 1.79. The molecule has 0 radical (unpaired) electrons. The van der Waals surface area contributed by atoms with Crippen molar-refractivity contribution < 1.29 is 13.6 Å². The van der Waals surface area contributed by atoms with Gasteiger partial charge in [-0.15, -0.1) is 0 Å². The SMILES string of the molecule is CCn1c(SCC(=O)Nc2ccc(F)c(F)c2)nc2ccc(Br)cc2c1=O. The number of carbonyl (C=O) groups excluding carboxylic acids is 1. The summed E-state index contributed by atoms with van der Waals surface area (Å²) in [5.74, 6) is -2.48. The molecule has 0 saturated heterocycles. The fraction of sp³-hybridized carbons (Fsp3) is 0.167. The first-order chi connectivity index (χ1) is 12.9. The molecule has 0 aliphatic rings. The van der Waals surface area contributed by atoms with E-state index in [2.05, 4.69) is 26.2 Å². The van der Waals surface area contributed by atoms with Gasteiger partial charge in [0.15, 0.2) is 16.8 Å². The van der Waals surface area contributed by atoms with Crippen molar-refractivity contribution in [3.8, 4) is 0 Å². The van der Waals surface area contributed by atoms with E-state index in [1.54, 1.807) is 18.2 Å². The van der Waals surface area contributed by atoms with Crippen molar-refractivity contribution in [1.82, 2.24) is 9.55 Å². The molecule has 0 fully saturated rings. The Kier molecular flexibility index (Phi) is 5.91. The zero-order valence-electron chi connectivity index (χ0n) is 14.1. The summed E-state index contributed by atoms with van der Waals surface area (Å²) in [6.45, 7) is 2.22. The molecule has 0 aliphatic heterocycles. The third-order valence-corrected chi connectivity index (χ3v) is 5.20. The zero-order valence-corrected chi connectivity index (χ0v) is 16.5. The minimum Gasteiger partial charge on any atom is -0.325 e. The summed E-state index contributed by atoms with van der Waals surface area (Å²) in [7, 11) is 0. The highest BCUT2D eigenvalue weighted by Crippen LogP contribution is 2.21. The van der Waals surface area contributed by atoms with Crippen molar-refractivity contribution >= 4 is 50.2 Å². The molecule has 1 heterocycles. The lowest BCUT2D eigenvalue weighted by atomic mass is 10.2. The number of aromatic nitrogens is 2. The lowest BCUT2D eigenvalue weighted by Gasteiger charge is -2.11. The van der Waals surface area contributed by atoms with Crippen LogP contribution in [0.1, 0.15) is 6.92 Å². The predicted octanol–water partition coefficient (Wildman–Crippen LogP) is 4.19. The zero-order chi connectivity index (χ0) is 19.6. The fourth-order valence-electron chi connectivity index (χ4n) is 2.46. The summed E-state index contributed by atoms with van der Waals surface area (Å²) < 4.78 is 28.4. The van der Waals surface area contributed by atoms with Gasteiger partial charge in [-0.1, -0.05) is 27.7 Å². The molecule has 27 heavy (non-hydrogen) atoms. The number of nitrogens with one attached hydrogen (secondary N) is 1. The Labute approximate surface area is 165 Å². The molecule has 0 saturated carbocycles. The Morgan fingerprint density at radius 3 is 2.70 bits per heavy atom. The van der Waals surface area contributed by atoms with E-state index in [4.69, 9.17) is 0 Å². The van der Waals surface area contributed by atoms with Crippen LogP contribution in [0.2, 0.25) is 0 Å². The van der Waals surface area contributed by atoms with E-state index in [1.165, 1.54) is 10.6 Å². The standard InChI is InChI=1S/C18H14BrF2N3O2S/c1-2-24-17(26)12-7-10(19)3-6-15(12)23-18(24)27-9-16(25)22-11-4-5-13(20)14(21)8-11/h3-8H,2,9H2,1H3,(H,22,25). The molecule has 0 atom stereocenters. The van der Waals surface area contributed by atoms with Crippen molar-refractivity contribution in [3.63, 3.8) is 0 Å². The maximum absolute atomic E-state index is 13.2. The molecule has 140 valence electrons. The summed E-state index contributed by atoms with van der Waals surface area (Å²) in [4.78, 5) is 29.2. The van der Waals surface area contributed by atoms with Gasteiger partial charge < -0.3 is 5.32 Å². The number of thioether (sulfide) groups is 1. The van der Waals surface area contributed by atoms with Gasteiger partial charge in [-0.25, -0.2) is 13.8 Å². The summed E-state index contributed by atoms with van der Waals surface area (Å²) in [5.41, 5.74) is 0.507. The van der Waals surface area contributed by atoms with Gasteiger partial charge in [-0.3, -0.25) is 14.2 Å². The maximum atomic E-state index is 13.2. The van der Waals surface area contributed by atoms with Gasteiger partial charge in [-0.2, -0.15) is 0 Å². The molecule has 1 aromatic heterocycles. The lowest BCUT2D eigenvalue weighted by Crippen LogP contribution is -2.23. The quantitative estimate of drug-likeness (QED) is 0.464. The highest BCUT2D eigenvalue weighted by atomic mass is 79.9. The van der Waals surface area contributed by atoms with Crippen LogP contribution >= 0.6 is 27.7 Å². The summed E-state index contributed by atoms with van der Waals surface area (Å²) in [6, 6.07) is 8.35. The van der Waals surface area contributed by atoms with E-state index in [-0.39, 0.29) is 17.0 Å². The van der Waals surface area contributed by atoms with Gasteiger partial charge >= 0.3 is 0 Å². The minimum absolute atomic E-state index is 0.0343. The molecule has 5 nitrogen and oxygen atoms in total. The molecule has 3 rings (SSSR count). The van der Waals surface area contributed by atoms with Crippen molar-refractivity contribution in [2.75, 3.05) is 11.1 Å². The molecular weight excluding hydrogens is 440 g/mol. The average Bonchev–Trinajstić information content (AvgIpc) is 2.64. The Hall–Kier alpha value is -2.26. The van der Waals surface area contributed by atoms with Crippen LogP contribution in [0.15, 0.2) is 50.8 Å². The molecule has 3 aromatic rings. The van der Waals surface area contributed by atoms with Crippen molar-refractivity contribution in [1.29, 1.82) is 0 Å². The van der Waals surface area contributed by atoms with Crippen molar-refractivity contribution in [2.24, 2.45) is 0 Å². The number of benzene rings is 2. The third kappa shape index (κ3) is 4.36. The first kappa shape index (κ1) is 19.5. The number of fused-ring (bicyclic) bond motifs is 1. The number of hydrogen-bond donors (Lipinski definition) is 1. The van der Waals surface area contributed by atoms with Crippen LogP contribution in [-0.2, 0) is 11.3 Å². The highest BCUT2D eigenvalue weighted by molar-refractivity contribution is 9.10. The number of nitrogens with zero attached hydrogens (tertiary/aromatic N) is 2. The second kappa shape index (κ2) is 8.18. The largest absolute Gasteiger partial charge is 0.325 e. The number of hydrogen-bond acceptors (Lipinski definition) is 4. The molecule has 0 bridgehead atoms. The summed E-state index contributed by atoms with van der Waals surface area (Å²) in [6.07, 6.45) is 0. The Morgan fingerprint density at radius 2 is 2.00 bits per heavy atom. The van der Waals surface area contributed by atoms with Gasteiger partial charge in [0.1, 0.15) is 0 Å². The molecule has 0 unspecified atom stereocenters. The van der Waals surface area contributed by atoms with Crippen LogP contribution in [-0.4, -0.2) is 21.2 Å². The Morgan fingerprint density at radius 1 is 1.22 bits per heavy atom. The molecule has 0 aliphatic carbocycles. The van der Waals surface area contributed by atoms with Gasteiger partial charge in [0.2, 0.25) is 5.91 Å². The molecule has 1 amide bonds. The lowest BCUT2D eigenvalue weighted by molar-refractivity contribution is -0.113. The van der Waals surface area contributed by atoms with Crippen LogP contribution in [0.3, 0.4) is 0 Å². The normalized spacial score (nSPS) is 11.0. The first-order valence-corrected chi connectivity index (χ1v) is 9.74. The summed E-state index contributed by atoms with van der Waals surface area (Å²) >= 11 is 4.44. The maximum Gasteiger partial charge on any atom is 0.262 e.